The molecule has 142 heavy (non-hydrogen) atoms. The Morgan fingerprint density at radius 2 is 0.437 bits per heavy atom. The van der Waals surface area contributed by atoms with Crippen molar-refractivity contribution in [1.82, 2.24) is 0 Å². The first kappa shape index (κ1) is 84.1. The molecule has 25 aromatic rings. The monoisotopic (exact) mass is 1810 g/mol. The molecular formula is C138H92N2O2. The van der Waals surface area contributed by atoms with Gasteiger partial charge in [-0.3, -0.25) is 0 Å². The van der Waals surface area contributed by atoms with Crippen LogP contribution in [-0.2, 0) is 10.8 Å². The second-order valence-electron chi connectivity index (χ2n) is 37.0. The molecule has 0 saturated heterocycles. The molecule has 27 rings (SSSR count). The predicted octanol–water partition coefficient (Wildman–Crippen LogP) is 37.3. The lowest BCUT2D eigenvalue weighted by molar-refractivity contribution is 0.668. The third kappa shape index (κ3) is 14.3. The average Bonchev–Trinajstić information content (AvgIpc) is 1.53. The molecule has 2 aliphatic carbocycles. The molecule has 0 N–H and O–H groups in total. The maximum Gasteiger partial charge on any atom is 0.136 e. The molecule has 0 bridgehead atoms. The zero-order chi connectivity index (χ0) is 94.0. The Morgan fingerprint density at radius 3 is 0.915 bits per heavy atom. The van der Waals surface area contributed by atoms with Gasteiger partial charge in [0, 0.05) is 55.3 Å². The van der Waals surface area contributed by atoms with Crippen LogP contribution in [0.5, 0.6) is 0 Å². The van der Waals surface area contributed by atoms with Crippen molar-refractivity contribution in [3.63, 3.8) is 0 Å². The van der Waals surface area contributed by atoms with Crippen LogP contribution in [0.4, 0.5) is 34.1 Å². The van der Waals surface area contributed by atoms with Crippen molar-refractivity contribution >= 4 is 88.8 Å². The highest BCUT2D eigenvalue weighted by molar-refractivity contribution is 6.09. The van der Waals surface area contributed by atoms with Crippen molar-refractivity contribution in [2.75, 3.05) is 9.80 Å². The number of hydrogen-bond donors (Lipinski definition) is 0. The van der Waals surface area contributed by atoms with Crippen molar-refractivity contribution in [3.05, 3.63) is 603 Å². The molecule has 4 heteroatoms. The minimum absolute atomic E-state index is 0.517. The van der Waals surface area contributed by atoms with Crippen LogP contribution in [0, 0.1) is 0 Å². The van der Waals surface area contributed by atoms with Crippen LogP contribution >= 0.6 is 0 Å². The molecule has 0 radical (unpaired) electrons. The second-order valence-corrected chi connectivity index (χ2v) is 37.0. The zero-order valence-corrected chi connectivity index (χ0v) is 77.8. The summed E-state index contributed by atoms with van der Waals surface area (Å²) in [7, 11) is 0. The smallest absolute Gasteiger partial charge is 0.136 e. The van der Waals surface area contributed by atoms with Crippen LogP contribution in [0.1, 0.15) is 44.5 Å². The number of para-hydroxylation sites is 5. The van der Waals surface area contributed by atoms with E-state index in [9.17, 15) is 0 Å². The van der Waals surface area contributed by atoms with E-state index >= 15 is 0 Å². The summed E-state index contributed by atoms with van der Waals surface area (Å²) in [5, 5.41) is 7.01. The molecule has 0 aliphatic heterocycles. The van der Waals surface area contributed by atoms with Gasteiger partial charge >= 0.3 is 0 Å². The van der Waals surface area contributed by atoms with Gasteiger partial charge < -0.3 is 18.6 Å². The van der Waals surface area contributed by atoms with Crippen molar-refractivity contribution in [2.45, 2.75) is 10.8 Å². The Labute approximate surface area is 826 Å². The Balaban J connectivity index is 0.000000146. The molecule has 666 valence electrons. The summed E-state index contributed by atoms with van der Waals surface area (Å²) in [6.45, 7) is 0. The summed E-state index contributed by atoms with van der Waals surface area (Å²) in [6.07, 6.45) is 0. The molecule has 2 heterocycles. The number of furan rings is 2. The van der Waals surface area contributed by atoms with E-state index in [4.69, 9.17) is 8.83 Å². The lowest BCUT2D eigenvalue weighted by Gasteiger charge is -2.34. The normalized spacial score (nSPS) is 12.5. The van der Waals surface area contributed by atoms with Gasteiger partial charge in [-0.25, -0.2) is 0 Å². The summed E-state index contributed by atoms with van der Waals surface area (Å²) in [6, 6.07) is 203. The number of anilines is 6. The van der Waals surface area contributed by atoms with E-state index in [-0.39, 0.29) is 0 Å². The van der Waals surface area contributed by atoms with Crippen LogP contribution in [-0.4, -0.2) is 0 Å². The molecule has 0 unspecified atom stereocenters. The predicted molar refractivity (Wildman–Crippen MR) is 592 cm³/mol. The van der Waals surface area contributed by atoms with Crippen molar-refractivity contribution in [2.24, 2.45) is 0 Å². The van der Waals surface area contributed by atoms with Crippen LogP contribution in [0.15, 0.2) is 567 Å². The highest BCUT2D eigenvalue weighted by Gasteiger charge is 2.49. The highest BCUT2D eigenvalue weighted by atomic mass is 16.3. The largest absolute Gasteiger partial charge is 0.456 e. The zero-order valence-electron chi connectivity index (χ0n) is 77.8. The van der Waals surface area contributed by atoms with Gasteiger partial charge in [0.25, 0.3) is 0 Å². The van der Waals surface area contributed by atoms with Crippen LogP contribution in [0.25, 0.3) is 166 Å². The van der Waals surface area contributed by atoms with Gasteiger partial charge in [0.15, 0.2) is 0 Å². The van der Waals surface area contributed by atoms with Gasteiger partial charge in [-0.1, -0.05) is 467 Å². The van der Waals surface area contributed by atoms with E-state index < -0.39 is 10.8 Å². The molecule has 0 atom stereocenters. The molecule has 0 amide bonds. The number of nitrogens with zero attached hydrogens (tertiary/aromatic N) is 2. The average molecular weight is 1810 g/mol. The maximum absolute atomic E-state index is 6.42. The third-order valence-electron chi connectivity index (χ3n) is 29.4. The third-order valence-corrected chi connectivity index (χ3v) is 29.4. The van der Waals surface area contributed by atoms with Crippen LogP contribution in [0.3, 0.4) is 0 Å². The Bertz CT molecular complexity index is 8990. The first-order valence-corrected chi connectivity index (χ1v) is 48.9. The van der Waals surface area contributed by atoms with Crippen molar-refractivity contribution < 1.29 is 8.83 Å². The minimum atomic E-state index is -0.521. The van der Waals surface area contributed by atoms with Gasteiger partial charge in [0.05, 0.1) is 27.9 Å². The summed E-state index contributed by atoms with van der Waals surface area (Å²) in [5.41, 5.74) is 42.6. The maximum atomic E-state index is 6.42. The van der Waals surface area contributed by atoms with Gasteiger partial charge in [-0.2, -0.15) is 0 Å². The summed E-state index contributed by atoms with van der Waals surface area (Å²) in [5.74, 6) is 0. The van der Waals surface area contributed by atoms with Gasteiger partial charge in [-0.15, -0.1) is 0 Å². The second kappa shape index (κ2) is 35.6. The van der Waals surface area contributed by atoms with E-state index in [1.54, 1.807) is 0 Å². The van der Waals surface area contributed by atoms with Crippen LogP contribution in [0.2, 0.25) is 0 Å². The van der Waals surface area contributed by atoms with E-state index in [0.29, 0.717) is 0 Å². The van der Waals surface area contributed by atoms with E-state index in [0.717, 1.165) is 128 Å². The van der Waals surface area contributed by atoms with Crippen LogP contribution < -0.4 is 9.80 Å². The lowest BCUT2D eigenvalue weighted by Crippen LogP contribution is -2.28. The molecule has 23 aromatic carbocycles. The number of rotatable bonds is 18. The minimum Gasteiger partial charge on any atom is -0.456 e. The number of fused-ring (bicyclic) bond motifs is 13. The van der Waals surface area contributed by atoms with E-state index in [2.05, 4.69) is 544 Å². The SMILES string of the molecule is c1ccc(-c2ccc(-c3ccccc3N(c3cccc(-c4ccc5c(c4)oc4ccccc45)c3)c3ccccc3-c3cccc4c3-c3ccccc3C4(c3ccccc3)c3ccccc3)cc2)cc1.c1ccc(C2(c3ccccc3)c3ccccc3-c3c(-c4ccccc4N(c4ccc(-c5ccc(-c6cccc7ccccc67)cc5)cc4)c4cccc(-c5ccc6c(c5)oc5ccccc56)c4)cccc32)cc1. The Morgan fingerprint density at radius 1 is 0.148 bits per heavy atom. The molecule has 0 fully saturated rings. The summed E-state index contributed by atoms with van der Waals surface area (Å²) < 4.78 is 12.8. The molecule has 0 spiro atoms. The molecule has 2 aliphatic rings. The summed E-state index contributed by atoms with van der Waals surface area (Å²) >= 11 is 0. The number of hydrogen-bond acceptors (Lipinski definition) is 4. The first-order chi connectivity index (χ1) is 70.4. The Kier molecular flexibility index (Phi) is 21.1. The molecule has 0 saturated carbocycles. The molecular weight excluding hydrogens is 1720 g/mol. The van der Waals surface area contributed by atoms with Crippen molar-refractivity contribution in [3.8, 4) is 111 Å². The van der Waals surface area contributed by atoms with Crippen molar-refractivity contribution in [1.29, 1.82) is 0 Å². The lowest BCUT2D eigenvalue weighted by atomic mass is 9.67. The van der Waals surface area contributed by atoms with Gasteiger partial charge in [0.1, 0.15) is 22.3 Å². The molecule has 2 aromatic heterocycles. The highest BCUT2D eigenvalue weighted by Crippen LogP contribution is 2.62. The fraction of sp³-hybridized carbons (Fsp3) is 0.0145. The first-order valence-electron chi connectivity index (χ1n) is 48.9. The number of benzene rings is 23. The fourth-order valence-corrected chi connectivity index (χ4v) is 23.0. The van der Waals surface area contributed by atoms with Gasteiger partial charge in [-0.05, 0) is 241 Å². The topological polar surface area (TPSA) is 32.8 Å². The standard InChI is InChI=1S/C71H47NO.C67H45NO/c1-3-21-54(22-4-1)71(55-23-5-2-6-24-55)65-32-12-9-29-64(65)70-63(31-17-33-66(70)71)60-27-10-13-34-67(60)72(57-25-15-20-52(46-57)53-42-45-62-61-28-11-14-35-68(61)73-69(62)47-53)56-43-40-49(41-44-56)48-36-38-51(39-37-48)59-30-16-19-50-18-7-8-26-58(50)59;1-4-20-46(21-5-1)47-38-40-48(41-39-47)54-28-11-15-35-62(54)68(53-27-18-22-49(44-53)50-42-43-57-56-30-13-17-37-64(56)69-65(57)45-50)63-36-16-12-29-55(63)58-32-19-34-61-66(58)59-31-10-14-33-60(59)67(61,51-23-6-2-7-24-51)52-25-8-3-9-26-52/h1-47H;1-45H. The molecule has 4 nitrogen and oxygen atoms in total. The summed E-state index contributed by atoms with van der Waals surface area (Å²) in [4.78, 5) is 4.91. The van der Waals surface area contributed by atoms with Gasteiger partial charge in [0.2, 0.25) is 0 Å². The quantitative estimate of drug-likeness (QED) is 0.0857. The fourth-order valence-electron chi connectivity index (χ4n) is 23.0. The Hall–Kier alpha value is -18.5. The van der Waals surface area contributed by atoms with E-state index in [1.165, 1.54) is 116 Å². The van der Waals surface area contributed by atoms with E-state index in [1.807, 2.05) is 24.3 Å².